The predicted molar refractivity (Wildman–Crippen MR) is 38.6 cm³/mol. The van der Waals surface area contributed by atoms with E-state index in [4.69, 9.17) is 0 Å². The molecule has 10 heavy (non-hydrogen) atoms. The lowest BCUT2D eigenvalue weighted by Gasteiger charge is -1.96. The van der Waals surface area contributed by atoms with Crippen LogP contribution in [-0.4, -0.2) is 23.7 Å². The first-order valence-corrected chi connectivity index (χ1v) is 4.13. The van der Waals surface area contributed by atoms with Crippen LogP contribution in [0.15, 0.2) is 0 Å². The Bertz CT molecular complexity index is 106. The van der Waals surface area contributed by atoms with E-state index < -0.39 is 6.43 Å². The Labute approximate surface area is 63.2 Å². The van der Waals surface area contributed by atoms with Crippen LogP contribution >= 0.6 is 11.8 Å². The molecule has 0 amide bonds. The third-order valence-electron chi connectivity index (χ3n) is 0.786. The molecule has 0 saturated heterocycles. The maximum absolute atomic E-state index is 11.5. The smallest absolute Gasteiger partial charge is 0.239 e. The molecule has 0 spiro atoms. The molecule has 0 saturated carbocycles. The highest BCUT2D eigenvalue weighted by Crippen LogP contribution is 2.07. The number of carbonyl (C=O) groups is 1. The zero-order valence-corrected chi connectivity index (χ0v) is 6.59. The maximum Gasteiger partial charge on any atom is 0.239 e. The van der Waals surface area contributed by atoms with E-state index in [0.29, 0.717) is 11.5 Å². The molecule has 4 heteroatoms. The van der Waals surface area contributed by atoms with E-state index in [1.807, 2.05) is 0 Å². The van der Waals surface area contributed by atoms with Gasteiger partial charge < -0.3 is 0 Å². The van der Waals surface area contributed by atoms with Gasteiger partial charge in [-0.2, -0.15) is 11.8 Å². The fourth-order valence-electron chi connectivity index (χ4n) is 0.388. The number of thioether (sulfide) groups is 1. The molecule has 1 nitrogen and oxygen atoms in total. The summed E-state index contributed by atoms with van der Waals surface area (Å²) in [5.74, 6) is 0.767. The number of ketones is 1. The Morgan fingerprint density at radius 1 is 1.60 bits per heavy atom. The first-order valence-electron chi connectivity index (χ1n) is 2.98. The van der Waals surface area contributed by atoms with Crippen LogP contribution in [0, 0.1) is 0 Å². The summed E-state index contributed by atoms with van der Waals surface area (Å²) < 4.78 is 22.9. The lowest BCUT2D eigenvalue weighted by molar-refractivity contribution is -0.114. The van der Waals surface area contributed by atoms with Gasteiger partial charge in [0.25, 0.3) is 0 Å². The minimum atomic E-state index is -2.24. The molecule has 60 valence electrons. The van der Waals surface area contributed by atoms with Gasteiger partial charge in [0.2, 0.25) is 6.43 Å². The van der Waals surface area contributed by atoms with Gasteiger partial charge in [-0.25, -0.2) is 8.78 Å². The number of halogens is 2. The average molecular weight is 168 g/mol. The van der Waals surface area contributed by atoms with Crippen molar-refractivity contribution in [2.75, 3.05) is 11.5 Å². The molecule has 0 atom stereocenters. The van der Waals surface area contributed by atoms with Gasteiger partial charge in [0, 0.05) is 6.42 Å². The molecular formula is C6H10F2OS. The molecule has 0 aromatic carbocycles. The molecule has 0 aliphatic heterocycles. The van der Waals surface area contributed by atoms with Crippen LogP contribution in [0.25, 0.3) is 0 Å². The lowest BCUT2D eigenvalue weighted by atomic mass is 10.5. The van der Waals surface area contributed by atoms with Gasteiger partial charge >= 0.3 is 0 Å². The number of alkyl halides is 2. The van der Waals surface area contributed by atoms with Crippen molar-refractivity contribution in [3.8, 4) is 0 Å². The number of rotatable bonds is 5. The summed E-state index contributed by atoms with van der Waals surface area (Å²) in [6.07, 6.45) is -2.35. The van der Waals surface area contributed by atoms with Crippen LogP contribution < -0.4 is 0 Å². The highest BCUT2D eigenvalue weighted by molar-refractivity contribution is 7.99. The van der Waals surface area contributed by atoms with E-state index in [-0.39, 0.29) is 12.2 Å². The number of Topliss-reactive ketones (excluding diaryl/α,β-unsaturated/α-hetero) is 1. The number of carbonyl (C=O) groups excluding carboxylic acids is 1. The number of hydrogen-bond donors (Lipinski definition) is 0. The van der Waals surface area contributed by atoms with Crippen LogP contribution in [0.3, 0.4) is 0 Å². The van der Waals surface area contributed by atoms with E-state index in [2.05, 4.69) is 0 Å². The fraction of sp³-hybridized carbons (Fsp3) is 0.833. The second-order valence-electron chi connectivity index (χ2n) is 1.93. The maximum atomic E-state index is 11.5. The van der Waals surface area contributed by atoms with Crippen molar-refractivity contribution < 1.29 is 13.6 Å². The highest BCUT2D eigenvalue weighted by atomic mass is 32.2. The molecule has 0 aliphatic rings. The van der Waals surface area contributed by atoms with E-state index in [0.717, 1.165) is 0 Å². The monoisotopic (exact) mass is 168 g/mol. The van der Waals surface area contributed by atoms with Crippen LogP contribution in [0.5, 0.6) is 0 Å². The summed E-state index contributed by atoms with van der Waals surface area (Å²) in [6.45, 7) is 1.45. The summed E-state index contributed by atoms with van der Waals surface area (Å²) >= 11 is 1.26. The second-order valence-corrected chi connectivity index (χ2v) is 3.04. The fourth-order valence-corrected chi connectivity index (χ4v) is 1.16. The molecule has 0 aromatic heterocycles. The molecule has 0 heterocycles. The Morgan fingerprint density at radius 2 is 2.20 bits per heavy atom. The van der Waals surface area contributed by atoms with E-state index in [1.165, 1.54) is 18.7 Å². The van der Waals surface area contributed by atoms with Crippen molar-refractivity contribution in [1.29, 1.82) is 0 Å². The quantitative estimate of drug-likeness (QED) is 0.584. The standard InChI is InChI=1S/C6H10F2OS/c1-5(9)4-10-3-2-6(7)8/h6H,2-4H2,1H3. The van der Waals surface area contributed by atoms with Crippen LogP contribution in [0.1, 0.15) is 13.3 Å². The van der Waals surface area contributed by atoms with Gasteiger partial charge in [-0.3, -0.25) is 4.79 Å². The van der Waals surface area contributed by atoms with Crippen LogP contribution in [0.2, 0.25) is 0 Å². The minimum absolute atomic E-state index is 0.0410. The summed E-state index contributed by atoms with van der Waals surface area (Å²) in [4.78, 5) is 10.3. The number of hydrogen-bond acceptors (Lipinski definition) is 2. The SMILES string of the molecule is CC(=O)CSCCC(F)F. The van der Waals surface area contributed by atoms with Gasteiger partial charge in [-0.15, -0.1) is 0 Å². The highest BCUT2D eigenvalue weighted by Gasteiger charge is 2.01. The third kappa shape index (κ3) is 7.88. The second kappa shape index (κ2) is 5.65. The summed E-state index contributed by atoms with van der Waals surface area (Å²) in [5.41, 5.74) is 0. The molecule has 0 fully saturated rings. The predicted octanol–water partition coefficient (Wildman–Crippen LogP) is 1.96. The van der Waals surface area contributed by atoms with Crippen molar-refractivity contribution in [2.45, 2.75) is 19.8 Å². The molecule has 0 N–H and O–H groups in total. The lowest BCUT2D eigenvalue weighted by Crippen LogP contribution is -1.97. The van der Waals surface area contributed by atoms with Gasteiger partial charge in [-0.05, 0) is 12.7 Å². The van der Waals surface area contributed by atoms with Crippen molar-refractivity contribution in [2.24, 2.45) is 0 Å². The van der Waals surface area contributed by atoms with Crippen molar-refractivity contribution in [1.82, 2.24) is 0 Å². The Kier molecular flexibility index (Phi) is 5.58. The largest absolute Gasteiger partial charge is 0.299 e. The van der Waals surface area contributed by atoms with Crippen molar-refractivity contribution in [3.63, 3.8) is 0 Å². The molecule has 0 unspecified atom stereocenters. The summed E-state index contributed by atoms with van der Waals surface area (Å²) in [5, 5.41) is 0. The first kappa shape index (κ1) is 9.88. The van der Waals surface area contributed by atoms with Crippen molar-refractivity contribution >= 4 is 17.5 Å². The normalized spacial score (nSPS) is 10.4. The molecule has 0 aliphatic carbocycles. The third-order valence-corrected chi connectivity index (χ3v) is 1.92. The Hall–Kier alpha value is -0.120. The molecular weight excluding hydrogens is 158 g/mol. The van der Waals surface area contributed by atoms with Gasteiger partial charge in [0.15, 0.2) is 0 Å². The van der Waals surface area contributed by atoms with Gasteiger partial charge in [-0.1, -0.05) is 0 Å². The van der Waals surface area contributed by atoms with Crippen LogP contribution in [0.4, 0.5) is 8.78 Å². The van der Waals surface area contributed by atoms with E-state index in [9.17, 15) is 13.6 Å². The molecule has 0 aromatic rings. The zero-order chi connectivity index (χ0) is 7.98. The average Bonchev–Trinajstić information content (AvgIpc) is 1.79. The summed E-state index contributed by atoms with van der Waals surface area (Å²) in [7, 11) is 0. The van der Waals surface area contributed by atoms with Crippen LogP contribution in [-0.2, 0) is 4.79 Å². The topological polar surface area (TPSA) is 17.1 Å². The Morgan fingerprint density at radius 3 is 2.60 bits per heavy atom. The van der Waals surface area contributed by atoms with Crippen molar-refractivity contribution in [3.05, 3.63) is 0 Å². The summed E-state index contributed by atoms with van der Waals surface area (Å²) in [6, 6.07) is 0. The zero-order valence-electron chi connectivity index (χ0n) is 5.77. The first-order chi connectivity index (χ1) is 4.63. The van der Waals surface area contributed by atoms with E-state index in [1.54, 1.807) is 0 Å². The molecule has 0 bridgehead atoms. The minimum Gasteiger partial charge on any atom is -0.299 e. The molecule has 0 rings (SSSR count). The van der Waals surface area contributed by atoms with Gasteiger partial charge in [0.05, 0.1) is 5.75 Å². The Balaban J connectivity index is 2.98. The van der Waals surface area contributed by atoms with Gasteiger partial charge in [0.1, 0.15) is 5.78 Å². The molecule has 0 radical (unpaired) electrons. The van der Waals surface area contributed by atoms with E-state index >= 15 is 0 Å².